The minimum Gasteiger partial charge on any atom is -0.298 e. The molecule has 6 heteroatoms. The van der Waals surface area contributed by atoms with E-state index in [0.29, 0.717) is 17.3 Å². The zero-order chi connectivity index (χ0) is 22.1. The lowest BCUT2D eigenvalue weighted by Crippen LogP contribution is -2.27. The first-order valence-corrected chi connectivity index (χ1v) is 11.4. The Morgan fingerprint density at radius 2 is 1.75 bits per heavy atom. The predicted molar refractivity (Wildman–Crippen MR) is 127 cm³/mol. The number of rotatable bonds is 8. The van der Waals surface area contributed by atoms with Crippen LogP contribution >= 0.6 is 11.6 Å². The third-order valence-electron chi connectivity index (χ3n) is 5.95. The summed E-state index contributed by atoms with van der Waals surface area (Å²) in [6.07, 6.45) is 3.93. The number of Topliss-reactive ketones (excluding diaryl/α,β-unsaturated/α-hetero) is 1. The van der Waals surface area contributed by atoms with Crippen molar-refractivity contribution in [3.63, 3.8) is 0 Å². The first-order chi connectivity index (χ1) is 15.6. The Balaban J connectivity index is 1.26. The van der Waals surface area contributed by atoms with E-state index in [-0.39, 0.29) is 24.1 Å². The Kier molecular flexibility index (Phi) is 5.66. The van der Waals surface area contributed by atoms with Gasteiger partial charge in [0.2, 0.25) is 0 Å². The van der Waals surface area contributed by atoms with Crippen LogP contribution in [0.1, 0.15) is 37.3 Å². The molecule has 1 fully saturated rings. The van der Waals surface area contributed by atoms with Gasteiger partial charge in [0, 0.05) is 23.0 Å². The molecule has 4 aromatic rings. The Morgan fingerprint density at radius 3 is 2.50 bits per heavy atom. The molecule has 0 bridgehead atoms. The van der Waals surface area contributed by atoms with E-state index in [1.54, 1.807) is 16.7 Å². The van der Waals surface area contributed by atoms with Crippen LogP contribution < -0.4 is 5.69 Å². The van der Waals surface area contributed by atoms with E-state index in [0.717, 1.165) is 31.2 Å². The summed E-state index contributed by atoms with van der Waals surface area (Å²) >= 11 is 6.00. The van der Waals surface area contributed by atoms with E-state index in [4.69, 9.17) is 11.6 Å². The molecule has 1 aliphatic rings. The van der Waals surface area contributed by atoms with Crippen molar-refractivity contribution < 1.29 is 4.79 Å². The van der Waals surface area contributed by atoms with Gasteiger partial charge in [-0.05, 0) is 66.3 Å². The van der Waals surface area contributed by atoms with Gasteiger partial charge in [0.15, 0.2) is 11.6 Å². The maximum absolute atomic E-state index is 13.0. The van der Waals surface area contributed by atoms with Crippen LogP contribution in [-0.2, 0) is 17.8 Å². The van der Waals surface area contributed by atoms with Crippen LogP contribution in [0.15, 0.2) is 71.5 Å². The number of benzene rings is 3. The molecule has 1 aliphatic carbocycles. The van der Waals surface area contributed by atoms with Crippen LogP contribution in [0.25, 0.3) is 22.2 Å². The highest BCUT2D eigenvalue weighted by molar-refractivity contribution is 6.30. The number of aryl methyl sites for hydroxylation is 1. The molecule has 0 saturated heterocycles. The van der Waals surface area contributed by atoms with E-state index in [1.165, 1.54) is 21.0 Å². The lowest BCUT2D eigenvalue weighted by Gasteiger charge is -2.04. The highest BCUT2D eigenvalue weighted by Gasteiger charge is 2.30. The summed E-state index contributed by atoms with van der Waals surface area (Å²) in [5.74, 6) is 0.633. The van der Waals surface area contributed by atoms with Crippen molar-refractivity contribution in [1.82, 2.24) is 14.3 Å². The number of halogens is 1. The number of ketones is 1. The van der Waals surface area contributed by atoms with Gasteiger partial charge in [0.25, 0.3) is 0 Å². The van der Waals surface area contributed by atoms with Crippen LogP contribution in [0.3, 0.4) is 0 Å². The summed E-state index contributed by atoms with van der Waals surface area (Å²) in [5, 5.41) is 7.58. The highest BCUT2D eigenvalue weighted by Crippen LogP contribution is 2.36. The van der Waals surface area contributed by atoms with E-state index >= 15 is 0 Å². The van der Waals surface area contributed by atoms with Gasteiger partial charge in [-0.3, -0.25) is 9.36 Å². The zero-order valence-electron chi connectivity index (χ0n) is 17.7. The van der Waals surface area contributed by atoms with Gasteiger partial charge in [-0.25, -0.2) is 9.48 Å². The molecule has 5 nitrogen and oxygen atoms in total. The third-order valence-corrected chi connectivity index (χ3v) is 6.20. The molecule has 0 aliphatic heterocycles. The van der Waals surface area contributed by atoms with E-state index in [2.05, 4.69) is 35.4 Å². The summed E-state index contributed by atoms with van der Waals surface area (Å²) in [7, 11) is 0. The molecule has 5 rings (SSSR count). The van der Waals surface area contributed by atoms with Gasteiger partial charge in [0.05, 0.1) is 0 Å². The average Bonchev–Trinajstić information content (AvgIpc) is 3.58. The van der Waals surface area contributed by atoms with Crippen molar-refractivity contribution >= 4 is 28.2 Å². The second-order valence-corrected chi connectivity index (χ2v) is 8.88. The van der Waals surface area contributed by atoms with Gasteiger partial charge >= 0.3 is 5.69 Å². The van der Waals surface area contributed by atoms with Crippen LogP contribution in [0.5, 0.6) is 0 Å². The lowest BCUT2D eigenvalue weighted by molar-refractivity contribution is -0.119. The molecule has 1 aromatic heterocycles. The number of carbonyl (C=O) groups is 1. The molecular weight excluding hydrogens is 422 g/mol. The molecule has 0 atom stereocenters. The van der Waals surface area contributed by atoms with Gasteiger partial charge in [0.1, 0.15) is 6.54 Å². The first kappa shape index (κ1) is 20.7. The van der Waals surface area contributed by atoms with Crippen molar-refractivity contribution in [3.8, 4) is 11.4 Å². The lowest BCUT2D eigenvalue weighted by atomic mass is 10.0. The maximum Gasteiger partial charge on any atom is 0.346 e. The maximum atomic E-state index is 13.0. The van der Waals surface area contributed by atoms with Crippen LogP contribution in [-0.4, -0.2) is 20.1 Å². The van der Waals surface area contributed by atoms with Crippen molar-refractivity contribution in [1.29, 1.82) is 0 Å². The standard InChI is InChI=1S/C26H24ClN3O2/c27-22-12-10-20(11-13-22)25-28-29(26(32)30(25)23-14-15-23)17-24(31)7-3-4-18-8-9-19-5-1-2-6-21(19)16-18/h1-2,5-6,8-13,16,23H,3-4,7,14-15,17H2. The van der Waals surface area contributed by atoms with Crippen LogP contribution in [0, 0.1) is 0 Å². The van der Waals surface area contributed by atoms with Gasteiger partial charge < -0.3 is 0 Å². The number of fused-ring (bicyclic) bond motifs is 1. The van der Waals surface area contributed by atoms with Crippen molar-refractivity contribution in [2.45, 2.75) is 44.7 Å². The van der Waals surface area contributed by atoms with E-state index < -0.39 is 0 Å². The van der Waals surface area contributed by atoms with Crippen LogP contribution in [0.4, 0.5) is 0 Å². The molecule has 1 saturated carbocycles. The summed E-state index contributed by atoms with van der Waals surface area (Å²) in [6.45, 7) is 0.0108. The fraction of sp³-hybridized carbons (Fsp3) is 0.269. The fourth-order valence-electron chi connectivity index (χ4n) is 4.11. The van der Waals surface area contributed by atoms with Gasteiger partial charge in [-0.15, -0.1) is 5.10 Å². The van der Waals surface area contributed by atoms with Crippen molar-refractivity contribution in [2.75, 3.05) is 0 Å². The Hall–Kier alpha value is -3.18. The Morgan fingerprint density at radius 1 is 1.00 bits per heavy atom. The Labute approximate surface area is 191 Å². The molecule has 0 radical (unpaired) electrons. The molecule has 162 valence electrons. The number of hydrogen-bond donors (Lipinski definition) is 0. The normalized spacial score (nSPS) is 13.5. The number of hydrogen-bond acceptors (Lipinski definition) is 3. The summed E-state index contributed by atoms with van der Waals surface area (Å²) < 4.78 is 3.05. The quantitative estimate of drug-likeness (QED) is 0.362. The average molecular weight is 446 g/mol. The smallest absolute Gasteiger partial charge is 0.298 e. The summed E-state index contributed by atoms with van der Waals surface area (Å²) in [4.78, 5) is 25.6. The minimum atomic E-state index is -0.208. The minimum absolute atomic E-state index is 0.0108. The SMILES string of the molecule is O=C(CCCc1ccc2ccccc2c1)Cn1nc(-c2ccc(Cl)cc2)n(C2CC2)c1=O. The monoisotopic (exact) mass is 445 g/mol. The molecule has 32 heavy (non-hydrogen) atoms. The molecule has 1 heterocycles. The second-order valence-electron chi connectivity index (χ2n) is 8.45. The van der Waals surface area contributed by atoms with E-state index in [9.17, 15) is 9.59 Å². The topological polar surface area (TPSA) is 56.9 Å². The van der Waals surface area contributed by atoms with Crippen molar-refractivity contribution in [2.24, 2.45) is 0 Å². The highest BCUT2D eigenvalue weighted by atomic mass is 35.5. The molecule has 0 spiro atoms. The Bertz CT molecular complexity index is 1330. The number of aromatic nitrogens is 3. The summed E-state index contributed by atoms with van der Waals surface area (Å²) in [5.41, 5.74) is 1.85. The van der Waals surface area contributed by atoms with E-state index in [1.807, 2.05) is 24.3 Å². The van der Waals surface area contributed by atoms with Gasteiger partial charge in [-0.2, -0.15) is 0 Å². The van der Waals surface area contributed by atoms with Crippen molar-refractivity contribution in [3.05, 3.63) is 87.8 Å². The fourth-order valence-corrected chi connectivity index (χ4v) is 4.24. The molecule has 0 unspecified atom stereocenters. The third kappa shape index (κ3) is 4.39. The molecule has 3 aromatic carbocycles. The van der Waals surface area contributed by atoms with Gasteiger partial charge in [-0.1, -0.05) is 54.1 Å². The summed E-state index contributed by atoms with van der Waals surface area (Å²) in [6, 6.07) is 22.2. The molecule has 0 amide bonds. The first-order valence-electron chi connectivity index (χ1n) is 11.0. The zero-order valence-corrected chi connectivity index (χ0v) is 18.5. The molecule has 0 N–H and O–H groups in total. The van der Waals surface area contributed by atoms with Crippen LogP contribution in [0.2, 0.25) is 5.02 Å². The predicted octanol–water partition coefficient (Wildman–Crippen LogP) is 5.45. The second kappa shape index (κ2) is 8.75. The number of carbonyl (C=O) groups excluding carboxylic acids is 1. The molecular formula is C26H24ClN3O2. The largest absolute Gasteiger partial charge is 0.346 e. The number of nitrogens with zero attached hydrogens (tertiary/aromatic N) is 3.